The van der Waals surface area contributed by atoms with Crippen LogP contribution in [0.5, 0.6) is 5.75 Å². The highest BCUT2D eigenvalue weighted by molar-refractivity contribution is 5.61. The summed E-state index contributed by atoms with van der Waals surface area (Å²) in [6.45, 7) is 2.70. The number of methoxy groups -OCH3 is 1. The standard InChI is InChI=1S/C13H22N2O2/c1-10(7-8-16-4)17-13-9-11(15(2)3)5-6-12(13)14/h5-6,9-10H,7-8,14H2,1-4H3. The van der Waals surface area contributed by atoms with Gasteiger partial charge < -0.3 is 20.1 Å². The van der Waals surface area contributed by atoms with Crippen LogP contribution in [0.4, 0.5) is 11.4 Å². The van der Waals surface area contributed by atoms with E-state index in [1.54, 1.807) is 7.11 Å². The van der Waals surface area contributed by atoms with Crippen LogP contribution in [-0.2, 0) is 4.74 Å². The third kappa shape index (κ3) is 4.15. The number of ether oxygens (including phenoxy) is 2. The van der Waals surface area contributed by atoms with Gasteiger partial charge in [0, 0.05) is 46.0 Å². The summed E-state index contributed by atoms with van der Waals surface area (Å²) in [6.07, 6.45) is 0.942. The zero-order valence-electron chi connectivity index (χ0n) is 11.1. The van der Waals surface area contributed by atoms with Gasteiger partial charge in [-0.1, -0.05) is 0 Å². The van der Waals surface area contributed by atoms with E-state index in [1.165, 1.54) is 0 Å². The normalized spacial score (nSPS) is 12.2. The maximum Gasteiger partial charge on any atom is 0.144 e. The van der Waals surface area contributed by atoms with E-state index in [1.807, 2.05) is 44.1 Å². The van der Waals surface area contributed by atoms with Crippen molar-refractivity contribution < 1.29 is 9.47 Å². The number of nitrogen functional groups attached to an aromatic ring is 1. The van der Waals surface area contributed by atoms with Crippen LogP contribution >= 0.6 is 0 Å². The van der Waals surface area contributed by atoms with Crippen molar-refractivity contribution in [3.63, 3.8) is 0 Å². The minimum absolute atomic E-state index is 0.0923. The van der Waals surface area contributed by atoms with Gasteiger partial charge in [-0.05, 0) is 19.1 Å². The van der Waals surface area contributed by atoms with Crippen LogP contribution in [0.1, 0.15) is 13.3 Å². The van der Waals surface area contributed by atoms with Crippen molar-refractivity contribution in [3.8, 4) is 5.75 Å². The van der Waals surface area contributed by atoms with Gasteiger partial charge in [0.15, 0.2) is 0 Å². The number of hydrogen-bond acceptors (Lipinski definition) is 4. The highest BCUT2D eigenvalue weighted by Gasteiger charge is 2.08. The number of benzene rings is 1. The average Bonchev–Trinajstić information content (AvgIpc) is 2.29. The fourth-order valence-electron chi connectivity index (χ4n) is 1.46. The molecule has 0 amide bonds. The first-order valence-corrected chi connectivity index (χ1v) is 5.77. The molecule has 1 unspecified atom stereocenters. The van der Waals surface area contributed by atoms with Crippen molar-refractivity contribution in [2.75, 3.05) is 38.4 Å². The van der Waals surface area contributed by atoms with Crippen molar-refractivity contribution in [2.45, 2.75) is 19.4 Å². The summed E-state index contributed by atoms with van der Waals surface area (Å²) in [5.74, 6) is 0.736. The fraction of sp³-hybridized carbons (Fsp3) is 0.538. The summed E-state index contributed by atoms with van der Waals surface area (Å²) < 4.78 is 10.8. The lowest BCUT2D eigenvalue weighted by atomic mass is 10.2. The quantitative estimate of drug-likeness (QED) is 0.771. The molecular weight excluding hydrogens is 216 g/mol. The van der Waals surface area contributed by atoms with Crippen LogP contribution in [-0.4, -0.2) is 33.9 Å². The lowest BCUT2D eigenvalue weighted by Gasteiger charge is -2.19. The third-order valence-electron chi connectivity index (χ3n) is 2.57. The zero-order chi connectivity index (χ0) is 12.8. The molecule has 1 aromatic rings. The van der Waals surface area contributed by atoms with E-state index in [2.05, 4.69) is 0 Å². The van der Waals surface area contributed by atoms with Crippen LogP contribution in [0.15, 0.2) is 18.2 Å². The second-order valence-electron chi connectivity index (χ2n) is 4.33. The molecule has 0 aliphatic heterocycles. The molecule has 0 aromatic heterocycles. The van der Waals surface area contributed by atoms with Gasteiger partial charge in [-0.25, -0.2) is 0 Å². The van der Waals surface area contributed by atoms with Crippen LogP contribution < -0.4 is 15.4 Å². The number of hydrogen-bond donors (Lipinski definition) is 1. The first kappa shape index (κ1) is 13.6. The van der Waals surface area contributed by atoms with E-state index in [4.69, 9.17) is 15.2 Å². The minimum atomic E-state index is 0.0923. The van der Waals surface area contributed by atoms with Crippen molar-refractivity contribution in [1.29, 1.82) is 0 Å². The van der Waals surface area contributed by atoms with E-state index < -0.39 is 0 Å². The molecule has 1 aromatic carbocycles. The number of nitrogens with two attached hydrogens (primary N) is 1. The maximum absolute atomic E-state index is 5.89. The minimum Gasteiger partial charge on any atom is -0.488 e. The summed E-state index contributed by atoms with van der Waals surface area (Å²) in [6, 6.07) is 5.80. The van der Waals surface area contributed by atoms with Gasteiger partial charge in [-0.3, -0.25) is 0 Å². The Labute approximate surface area is 103 Å². The molecule has 1 atom stereocenters. The predicted octanol–water partition coefficient (Wildman–Crippen LogP) is 2.14. The zero-order valence-corrected chi connectivity index (χ0v) is 11.1. The van der Waals surface area contributed by atoms with E-state index in [9.17, 15) is 0 Å². The second-order valence-corrected chi connectivity index (χ2v) is 4.33. The molecule has 0 heterocycles. The van der Waals surface area contributed by atoms with Gasteiger partial charge >= 0.3 is 0 Å². The Bertz CT molecular complexity index is 353. The molecule has 0 spiro atoms. The monoisotopic (exact) mass is 238 g/mol. The summed E-state index contributed by atoms with van der Waals surface area (Å²) in [5.41, 5.74) is 7.64. The Kier molecular flexibility index (Phi) is 5.10. The second kappa shape index (κ2) is 6.35. The van der Waals surface area contributed by atoms with Gasteiger partial charge in [0.05, 0.1) is 11.8 Å². The molecule has 4 heteroatoms. The Balaban J connectivity index is 2.72. The average molecular weight is 238 g/mol. The van der Waals surface area contributed by atoms with Gasteiger partial charge in [0.1, 0.15) is 5.75 Å². The number of anilines is 2. The summed E-state index contributed by atoms with van der Waals surface area (Å²) in [5, 5.41) is 0. The lowest BCUT2D eigenvalue weighted by molar-refractivity contribution is 0.136. The topological polar surface area (TPSA) is 47.7 Å². The van der Waals surface area contributed by atoms with Crippen molar-refractivity contribution >= 4 is 11.4 Å². The molecule has 1 rings (SSSR count). The van der Waals surface area contributed by atoms with Crippen LogP contribution in [0.25, 0.3) is 0 Å². The highest BCUT2D eigenvalue weighted by atomic mass is 16.5. The maximum atomic E-state index is 5.89. The third-order valence-corrected chi connectivity index (χ3v) is 2.57. The Hall–Kier alpha value is -1.42. The van der Waals surface area contributed by atoms with Gasteiger partial charge in [-0.2, -0.15) is 0 Å². The molecule has 0 radical (unpaired) electrons. The molecular formula is C13H22N2O2. The first-order valence-electron chi connectivity index (χ1n) is 5.77. The Morgan fingerprint density at radius 1 is 1.35 bits per heavy atom. The Morgan fingerprint density at radius 2 is 2.06 bits per heavy atom. The van der Waals surface area contributed by atoms with E-state index in [0.29, 0.717) is 12.3 Å². The lowest BCUT2D eigenvalue weighted by Crippen LogP contribution is -2.16. The first-order chi connectivity index (χ1) is 8.04. The molecule has 0 bridgehead atoms. The summed E-state index contributed by atoms with van der Waals surface area (Å²) in [7, 11) is 5.67. The molecule has 0 saturated carbocycles. The smallest absolute Gasteiger partial charge is 0.144 e. The Morgan fingerprint density at radius 3 is 2.65 bits per heavy atom. The SMILES string of the molecule is COCCC(C)Oc1cc(N(C)C)ccc1N. The van der Waals surface area contributed by atoms with E-state index in [-0.39, 0.29) is 6.10 Å². The van der Waals surface area contributed by atoms with Crippen molar-refractivity contribution in [1.82, 2.24) is 0 Å². The molecule has 0 aliphatic carbocycles. The molecule has 0 saturated heterocycles. The fourth-order valence-corrected chi connectivity index (χ4v) is 1.46. The van der Waals surface area contributed by atoms with E-state index >= 15 is 0 Å². The largest absolute Gasteiger partial charge is 0.488 e. The van der Waals surface area contributed by atoms with Crippen molar-refractivity contribution in [2.24, 2.45) is 0 Å². The van der Waals surface area contributed by atoms with Gasteiger partial charge in [0.2, 0.25) is 0 Å². The highest BCUT2D eigenvalue weighted by Crippen LogP contribution is 2.28. The summed E-state index contributed by atoms with van der Waals surface area (Å²) in [4.78, 5) is 2.02. The summed E-state index contributed by atoms with van der Waals surface area (Å²) >= 11 is 0. The molecule has 96 valence electrons. The van der Waals surface area contributed by atoms with Crippen LogP contribution in [0, 0.1) is 0 Å². The predicted molar refractivity (Wildman–Crippen MR) is 71.8 cm³/mol. The molecule has 17 heavy (non-hydrogen) atoms. The van der Waals surface area contributed by atoms with Crippen molar-refractivity contribution in [3.05, 3.63) is 18.2 Å². The molecule has 0 aliphatic rings. The molecule has 4 nitrogen and oxygen atoms in total. The van der Waals surface area contributed by atoms with Gasteiger partial charge in [0.25, 0.3) is 0 Å². The number of rotatable bonds is 6. The molecule has 2 N–H and O–H groups in total. The van der Waals surface area contributed by atoms with E-state index in [0.717, 1.165) is 17.9 Å². The van der Waals surface area contributed by atoms with Crippen LogP contribution in [0.3, 0.4) is 0 Å². The van der Waals surface area contributed by atoms with Crippen LogP contribution in [0.2, 0.25) is 0 Å². The molecule has 0 fully saturated rings. The number of nitrogens with zero attached hydrogens (tertiary/aromatic N) is 1. The van der Waals surface area contributed by atoms with Gasteiger partial charge in [-0.15, -0.1) is 0 Å².